The maximum absolute atomic E-state index is 5.92. The Hall–Kier alpha value is -2.58. The first-order valence-electron chi connectivity index (χ1n) is 8.27. The summed E-state index contributed by atoms with van der Waals surface area (Å²) in [7, 11) is 2.07. The molecule has 25 heavy (non-hydrogen) atoms. The standard InChI is InChI=1S/C17H20N6O2/c1-12-7-22(2)9-15(24-12)17-20-16(21-25-17)14-5-3-13(4-6-14)8-23-11-18-10-19-23/h3-6,10-12,15H,7-9H2,1-2H3/t12-,15-/m1/s1. The van der Waals surface area contributed by atoms with Gasteiger partial charge in [0.05, 0.1) is 12.6 Å². The van der Waals surface area contributed by atoms with Crippen molar-refractivity contribution >= 4 is 0 Å². The minimum atomic E-state index is -0.179. The zero-order valence-electron chi connectivity index (χ0n) is 14.2. The molecule has 1 aliphatic heterocycles. The Balaban J connectivity index is 1.48. The van der Waals surface area contributed by atoms with Crippen LogP contribution in [0.15, 0.2) is 41.4 Å². The number of morpholine rings is 1. The smallest absolute Gasteiger partial charge is 0.257 e. The van der Waals surface area contributed by atoms with Crippen molar-refractivity contribution in [1.29, 1.82) is 0 Å². The predicted octanol–water partition coefficient (Wildman–Crippen LogP) is 1.77. The molecular weight excluding hydrogens is 320 g/mol. The molecule has 2 aromatic heterocycles. The van der Waals surface area contributed by atoms with Crippen LogP contribution in [0.25, 0.3) is 11.4 Å². The normalized spacial score (nSPS) is 21.5. The van der Waals surface area contributed by atoms with Crippen molar-refractivity contribution in [3.8, 4) is 11.4 Å². The maximum atomic E-state index is 5.92. The van der Waals surface area contributed by atoms with E-state index in [1.54, 1.807) is 11.0 Å². The molecule has 3 heterocycles. The second kappa shape index (κ2) is 6.73. The van der Waals surface area contributed by atoms with E-state index in [1.165, 1.54) is 6.33 Å². The number of hydrogen-bond acceptors (Lipinski definition) is 7. The average molecular weight is 340 g/mol. The van der Waals surface area contributed by atoms with Gasteiger partial charge in [-0.05, 0) is 19.5 Å². The monoisotopic (exact) mass is 340 g/mol. The number of ether oxygens (including phenoxy) is 1. The molecule has 2 atom stereocenters. The maximum Gasteiger partial charge on any atom is 0.257 e. The molecule has 4 rings (SSSR count). The van der Waals surface area contributed by atoms with Crippen LogP contribution < -0.4 is 0 Å². The number of benzene rings is 1. The average Bonchev–Trinajstić information content (AvgIpc) is 3.26. The molecule has 0 bridgehead atoms. The minimum Gasteiger partial charge on any atom is -0.363 e. The van der Waals surface area contributed by atoms with Gasteiger partial charge >= 0.3 is 0 Å². The van der Waals surface area contributed by atoms with E-state index in [4.69, 9.17) is 9.26 Å². The van der Waals surface area contributed by atoms with Gasteiger partial charge in [-0.2, -0.15) is 10.1 Å². The molecule has 1 aliphatic rings. The van der Waals surface area contributed by atoms with E-state index in [0.29, 0.717) is 18.3 Å². The van der Waals surface area contributed by atoms with Crippen molar-refractivity contribution in [2.75, 3.05) is 20.1 Å². The predicted molar refractivity (Wildman–Crippen MR) is 89.6 cm³/mol. The Morgan fingerprint density at radius 1 is 1.20 bits per heavy atom. The molecular formula is C17H20N6O2. The van der Waals surface area contributed by atoms with E-state index in [1.807, 2.05) is 31.2 Å². The lowest BCUT2D eigenvalue weighted by Gasteiger charge is -2.32. The number of nitrogens with zero attached hydrogens (tertiary/aromatic N) is 6. The van der Waals surface area contributed by atoms with Crippen molar-refractivity contribution < 1.29 is 9.26 Å². The van der Waals surface area contributed by atoms with Crippen molar-refractivity contribution in [3.63, 3.8) is 0 Å². The molecule has 130 valence electrons. The fraction of sp³-hybridized carbons (Fsp3) is 0.412. The number of likely N-dealkylation sites (N-methyl/N-ethyl adjacent to an activating group) is 1. The van der Waals surface area contributed by atoms with Crippen molar-refractivity contribution in [2.24, 2.45) is 0 Å². The number of aromatic nitrogens is 5. The third-order valence-electron chi connectivity index (χ3n) is 4.18. The highest BCUT2D eigenvalue weighted by Crippen LogP contribution is 2.25. The third-order valence-corrected chi connectivity index (χ3v) is 4.18. The largest absolute Gasteiger partial charge is 0.363 e. The summed E-state index contributed by atoms with van der Waals surface area (Å²) in [5.74, 6) is 1.10. The first kappa shape index (κ1) is 15.9. The molecule has 0 radical (unpaired) electrons. The van der Waals surface area contributed by atoms with Crippen LogP contribution in [0.4, 0.5) is 0 Å². The van der Waals surface area contributed by atoms with Crippen molar-refractivity contribution in [2.45, 2.75) is 25.7 Å². The summed E-state index contributed by atoms with van der Waals surface area (Å²) in [5, 5.41) is 8.21. The van der Waals surface area contributed by atoms with Crippen molar-refractivity contribution in [1.82, 2.24) is 29.8 Å². The minimum absolute atomic E-state index is 0.148. The van der Waals surface area contributed by atoms with Gasteiger partial charge in [-0.15, -0.1) is 0 Å². The summed E-state index contributed by atoms with van der Waals surface area (Å²) in [5.41, 5.74) is 2.04. The highest BCUT2D eigenvalue weighted by atomic mass is 16.5. The van der Waals surface area contributed by atoms with Gasteiger partial charge < -0.3 is 14.2 Å². The zero-order valence-corrected chi connectivity index (χ0v) is 14.2. The number of hydrogen-bond donors (Lipinski definition) is 0. The first-order valence-corrected chi connectivity index (χ1v) is 8.27. The number of rotatable bonds is 4. The lowest BCUT2D eigenvalue weighted by molar-refractivity contribution is -0.0838. The van der Waals surface area contributed by atoms with Gasteiger partial charge in [0.1, 0.15) is 18.8 Å². The zero-order chi connectivity index (χ0) is 17.2. The van der Waals surface area contributed by atoms with Crippen molar-refractivity contribution in [3.05, 3.63) is 48.4 Å². The third kappa shape index (κ3) is 3.59. The van der Waals surface area contributed by atoms with Gasteiger partial charge in [0, 0.05) is 18.7 Å². The Morgan fingerprint density at radius 3 is 2.76 bits per heavy atom. The molecule has 1 aromatic carbocycles. The summed E-state index contributed by atoms with van der Waals surface area (Å²) < 4.78 is 13.1. The molecule has 0 spiro atoms. The molecule has 8 nitrogen and oxygen atoms in total. The Labute approximate surface area is 145 Å². The molecule has 0 N–H and O–H groups in total. The second-order valence-corrected chi connectivity index (χ2v) is 6.40. The van der Waals surface area contributed by atoms with E-state index < -0.39 is 0 Å². The molecule has 0 saturated carbocycles. The SMILES string of the molecule is C[C@@H]1CN(C)C[C@H](c2nc(-c3ccc(Cn4cncn4)cc3)no2)O1. The molecule has 8 heteroatoms. The fourth-order valence-electron chi connectivity index (χ4n) is 3.04. The molecule has 0 unspecified atom stereocenters. The van der Waals surface area contributed by atoms with E-state index in [-0.39, 0.29) is 12.2 Å². The van der Waals surface area contributed by atoms with Gasteiger partial charge in [-0.1, -0.05) is 29.4 Å². The van der Waals surface area contributed by atoms with Gasteiger partial charge in [0.2, 0.25) is 5.82 Å². The van der Waals surface area contributed by atoms with Crippen LogP contribution in [0.3, 0.4) is 0 Å². The van der Waals surface area contributed by atoms with Crippen LogP contribution >= 0.6 is 0 Å². The van der Waals surface area contributed by atoms with Gasteiger partial charge in [0.15, 0.2) is 0 Å². The van der Waals surface area contributed by atoms with Crippen LogP contribution in [0.1, 0.15) is 24.5 Å². The highest BCUT2D eigenvalue weighted by molar-refractivity contribution is 5.54. The van der Waals surface area contributed by atoms with E-state index in [0.717, 1.165) is 24.2 Å². The lowest BCUT2D eigenvalue weighted by atomic mass is 10.1. The van der Waals surface area contributed by atoms with E-state index in [9.17, 15) is 0 Å². The quantitative estimate of drug-likeness (QED) is 0.716. The van der Waals surface area contributed by atoms with Crippen LogP contribution in [0.2, 0.25) is 0 Å². The fourth-order valence-corrected chi connectivity index (χ4v) is 3.04. The lowest BCUT2D eigenvalue weighted by Crippen LogP contribution is -2.40. The topological polar surface area (TPSA) is 82.1 Å². The summed E-state index contributed by atoms with van der Waals surface area (Å²) >= 11 is 0. The summed E-state index contributed by atoms with van der Waals surface area (Å²) in [6.45, 7) is 4.39. The molecule has 0 aliphatic carbocycles. The van der Waals surface area contributed by atoms with Gasteiger partial charge in [-0.3, -0.25) is 0 Å². The van der Waals surface area contributed by atoms with E-state index in [2.05, 4.69) is 32.2 Å². The van der Waals surface area contributed by atoms with Crippen LogP contribution in [0.5, 0.6) is 0 Å². The first-order chi connectivity index (χ1) is 12.2. The Kier molecular flexibility index (Phi) is 4.29. The second-order valence-electron chi connectivity index (χ2n) is 6.40. The molecule has 1 saturated heterocycles. The van der Waals surface area contributed by atoms with Crippen LogP contribution in [0, 0.1) is 0 Å². The summed E-state index contributed by atoms with van der Waals surface area (Å²) in [6.07, 6.45) is 3.19. The van der Waals surface area contributed by atoms with Gasteiger partial charge in [0.25, 0.3) is 5.89 Å². The summed E-state index contributed by atoms with van der Waals surface area (Å²) in [4.78, 5) is 10.7. The Morgan fingerprint density at radius 2 is 2.04 bits per heavy atom. The molecule has 0 amide bonds. The molecule has 3 aromatic rings. The van der Waals surface area contributed by atoms with E-state index >= 15 is 0 Å². The summed E-state index contributed by atoms with van der Waals surface area (Å²) in [6, 6.07) is 8.02. The molecule has 1 fully saturated rings. The highest BCUT2D eigenvalue weighted by Gasteiger charge is 2.28. The van der Waals surface area contributed by atoms with Crippen LogP contribution in [-0.2, 0) is 11.3 Å². The van der Waals surface area contributed by atoms with Gasteiger partial charge in [-0.25, -0.2) is 9.67 Å². The van der Waals surface area contributed by atoms with Crippen LogP contribution in [-0.4, -0.2) is 56.0 Å². The Bertz CT molecular complexity index is 804.